The van der Waals surface area contributed by atoms with Crippen LogP contribution in [-0.4, -0.2) is 21.5 Å². The van der Waals surface area contributed by atoms with Crippen molar-refractivity contribution in [3.05, 3.63) is 0 Å². The molecule has 0 atom stereocenters. The van der Waals surface area contributed by atoms with Gasteiger partial charge in [-0.15, -0.1) is 0 Å². The minimum atomic E-state index is -2.39. The van der Waals surface area contributed by atoms with Crippen LogP contribution in [-0.2, 0) is 3.08 Å². The summed E-state index contributed by atoms with van der Waals surface area (Å²) < 4.78 is 17.1. The van der Waals surface area contributed by atoms with Crippen molar-refractivity contribution in [2.75, 3.05) is 0 Å². The molecule has 0 aromatic rings. The fourth-order valence-electron chi connectivity index (χ4n) is 0. The molecular formula is HNaO2Sn. The first kappa shape index (κ1) is 9.12. The maximum atomic E-state index is 8.56. The summed E-state index contributed by atoms with van der Waals surface area (Å²) in [4.78, 5) is 0. The van der Waals surface area contributed by atoms with E-state index in [4.69, 9.17) is 6.52 Å². The SMILES string of the molecule is [Na+].[O]=[SnH][O-]. The molecule has 0 rings (SSSR count). The first-order valence-corrected chi connectivity index (χ1v) is 3.16. The topological polar surface area (TPSA) is 40.1 Å². The van der Waals surface area contributed by atoms with Crippen LogP contribution in [0.1, 0.15) is 0 Å². The van der Waals surface area contributed by atoms with Gasteiger partial charge in [-0.1, -0.05) is 0 Å². The van der Waals surface area contributed by atoms with Gasteiger partial charge in [0.1, 0.15) is 0 Å². The zero-order valence-electron chi connectivity index (χ0n) is 2.39. The molecule has 0 aliphatic carbocycles. The number of hydrogen-bond acceptors (Lipinski definition) is 2. The summed E-state index contributed by atoms with van der Waals surface area (Å²) in [5.41, 5.74) is 0. The van der Waals surface area contributed by atoms with Gasteiger partial charge in [0.2, 0.25) is 0 Å². The molecule has 0 radical (unpaired) electrons. The van der Waals surface area contributed by atoms with Gasteiger partial charge in [-0.2, -0.15) is 0 Å². The molecule has 0 amide bonds. The summed E-state index contributed by atoms with van der Waals surface area (Å²) >= 11 is -2.39. The Bertz CT molecular complexity index is 13.5. The van der Waals surface area contributed by atoms with Crippen molar-refractivity contribution < 1.29 is 36.1 Å². The van der Waals surface area contributed by atoms with Gasteiger partial charge in [0, 0.05) is 0 Å². The van der Waals surface area contributed by atoms with Gasteiger partial charge in [-0.25, -0.2) is 0 Å². The molecule has 4 heteroatoms. The Kier molecular flexibility index (Phi) is 20.1. The quantitative estimate of drug-likeness (QED) is 0.346. The fraction of sp³-hybridized carbons (Fsp3) is 0. The van der Waals surface area contributed by atoms with Gasteiger partial charge in [0.05, 0.1) is 0 Å². The predicted molar refractivity (Wildman–Crippen MR) is 7.84 cm³/mol. The van der Waals surface area contributed by atoms with Crippen LogP contribution in [0.5, 0.6) is 0 Å². The van der Waals surface area contributed by atoms with Crippen molar-refractivity contribution in [3.8, 4) is 0 Å². The van der Waals surface area contributed by atoms with E-state index in [1.54, 1.807) is 0 Å². The molecule has 0 N–H and O–H groups in total. The van der Waals surface area contributed by atoms with Crippen LogP contribution in [0.2, 0.25) is 0 Å². The molecule has 0 fully saturated rings. The molecule has 0 aliphatic heterocycles. The number of rotatable bonds is 0. The second-order valence-electron chi connectivity index (χ2n) is 0.0962. The maximum absolute atomic E-state index is 8.56. The molecule has 0 spiro atoms. The standard InChI is InChI=1S/Na.2O.Sn.H/q+1;;-1;;. The molecule has 18 valence electrons. The second kappa shape index (κ2) is 8.82. The molecule has 0 aliphatic rings. The van der Waals surface area contributed by atoms with Crippen LogP contribution in [0.4, 0.5) is 0 Å². The average molecular weight is 175 g/mol. The third-order valence-corrected chi connectivity index (χ3v) is 0. The fourth-order valence-corrected chi connectivity index (χ4v) is 0. The monoisotopic (exact) mass is 176 g/mol. The Morgan fingerprint density at radius 3 is 1.75 bits per heavy atom. The molecule has 0 unspecified atom stereocenters. The van der Waals surface area contributed by atoms with E-state index in [0.717, 1.165) is 0 Å². The van der Waals surface area contributed by atoms with Crippen molar-refractivity contribution in [1.82, 2.24) is 0 Å². The van der Waals surface area contributed by atoms with Crippen LogP contribution >= 0.6 is 0 Å². The first-order valence-electron chi connectivity index (χ1n) is 0.471. The third-order valence-electron chi connectivity index (χ3n) is 0. The van der Waals surface area contributed by atoms with E-state index in [-0.39, 0.29) is 29.6 Å². The normalized spacial score (nSPS) is 3.25. The average Bonchev–Trinajstić information content (AvgIpc) is 0.918. The van der Waals surface area contributed by atoms with Crippen molar-refractivity contribution in [3.63, 3.8) is 0 Å². The molecule has 0 saturated heterocycles. The van der Waals surface area contributed by atoms with Crippen molar-refractivity contribution in [1.29, 1.82) is 0 Å². The van der Waals surface area contributed by atoms with Crippen LogP contribution in [0.25, 0.3) is 0 Å². The van der Waals surface area contributed by atoms with Crippen LogP contribution < -0.4 is 33.0 Å². The Labute approximate surface area is 57.0 Å². The molecule has 4 heavy (non-hydrogen) atoms. The van der Waals surface area contributed by atoms with E-state index >= 15 is 0 Å². The van der Waals surface area contributed by atoms with Crippen LogP contribution in [0, 0.1) is 0 Å². The summed E-state index contributed by atoms with van der Waals surface area (Å²) in [7, 11) is 0. The molecular weight excluding hydrogens is 174 g/mol. The zero-order valence-corrected chi connectivity index (χ0v) is 7.69. The first-order chi connectivity index (χ1) is 1.41. The Hall–Kier alpha value is 1.56. The van der Waals surface area contributed by atoms with E-state index < -0.39 is 21.5 Å². The summed E-state index contributed by atoms with van der Waals surface area (Å²) in [6, 6.07) is 0. The van der Waals surface area contributed by atoms with Crippen molar-refractivity contribution in [2.24, 2.45) is 0 Å². The van der Waals surface area contributed by atoms with E-state index in [2.05, 4.69) is 0 Å². The van der Waals surface area contributed by atoms with E-state index in [1.807, 2.05) is 0 Å². The van der Waals surface area contributed by atoms with E-state index in [1.165, 1.54) is 0 Å². The summed E-state index contributed by atoms with van der Waals surface area (Å²) in [6.07, 6.45) is 0. The molecule has 0 bridgehead atoms. The van der Waals surface area contributed by atoms with E-state index in [0.29, 0.717) is 0 Å². The van der Waals surface area contributed by atoms with Gasteiger partial charge < -0.3 is 0 Å². The predicted octanol–water partition coefficient (Wildman–Crippen LogP) is -4.95. The van der Waals surface area contributed by atoms with Crippen LogP contribution in [0.15, 0.2) is 0 Å². The molecule has 0 heterocycles. The summed E-state index contributed by atoms with van der Waals surface area (Å²) in [6.45, 7) is 0. The molecule has 0 aromatic carbocycles. The van der Waals surface area contributed by atoms with Crippen LogP contribution in [0.3, 0.4) is 0 Å². The molecule has 0 saturated carbocycles. The Morgan fingerprint density at radius 1 is 1.75 bits per heavy atom. The summed E-state index contributed by atoms with van der Waals surface area (Å²) in [5.74, 6) is 0. The second-order valence-corrected chi connectivity index (χ2v) is 0.645. The third kappa shape index (κ3) is 9.59. The van der Waals surface area contributed by atoms with Crippen molar-refractivity contribution in [2.45, 2.75) is 0 Å². The Morgan fingerprint density at radius 2 is 1.75 bits per heavy atom. The van der Waals surface area contributed by atoms with Gasteiger partial charge in [0.15, 0.2) is 0 Å². The minimum absolute atomic E-state index is 0. The molecule has 2 nitrogen and oxygen atoms in total. The van der Waals surface area contributed by atoms with E-state index in [9.17, 15) is 0 Å². The molecule has 0 aromatic heterocycles. The summed E-state index contributed by atoms with van der Waals surface area (Å²) in [5, 5.41) is 0. The van der Waals surface area contributed by atoms with Crippen molar-refractivity contribution >= 4 is 21.5 Å². The van der Waals surface area contributed by atoms with Gasteiger partial charge in [0.25, 0.3) is 0 Å². The number of hydrogen-bond donors (Lipinski definition) is 0. The van der Waals surface area contributed by atoms with Gasteiger partial charge in [-0.3, -0.25) is 0 Å². The zero-order chi connectivity index (χ0) is 2.71. The Balaban J connectivity index is 0. The van der Waals surface area contributed by atoms with Gasteiger partial charge in [-0.05, 0) is 0 Å². The van der Waals surface area contributed by atoms with Gasteiger partial charge >= 0.3 is 57.6 Å².